The average Bonchev–Trinajstić information content (AvgIpc) is 2.81. The Bertz CT molecular complexity index is 600. The zero-order chi connectivity index (χ0) is 13.2. The Morgan fingerprint density at radius 3 is 2.42 bits per heavy atom. The lowest BCUT2D eigenvalue weighted by Gasteiger charge is -2.14. The summed E-state index contributed by atoms with van der Waals surface area (Å²) in [7, 11) is 0. The Kier molecular flexibility index (Phi) is 3.01. The molecule has 0 saturated carbocycles. The molecule has 96 valence electrons. The molecule has 0 spiro atoms. The van der Waals surface area contributed by atoms with Crippen LogP contribution in [-0.2, 0) is 19.6 Å². The van der Waals surface area contributed by atoms with Gasteiger partial charge in [0, 0.05) is 19.6 Å². The first-order chi connectivity index (χ1) is 9.22. The Labute approximate surface area is 111 Å². The number of carbonyl (C=O) groups is 1. The lowest BCUT2D eigenvalue weighted by atomic mass is 10.1. The number of hydrogen-bond donors (Lipinski definition) is 1. The maximum absolute atomic E-state index is 10.9. The number of carboxylic acids is 1. The minimum absolute atomic E-state index is 0.106. The standard InChI is InChI=1S/C15H14N2O2/c18-15(19)14-7-3-6-13(16-14)10-17-8-11-4-1-2-5-12(11)9-17/h1-7H,8-10H2,(H,18,19). The normalized spacial score (nSPS) is 14.3. The maximum Gasteiger partial charge on any atom is 0.354 e. The Hall–Kier alpha value is -2.20. The van der Waals surface area contributed by atoms with Gasteiger partial charge in [0.2, 0.25) is 0 Å². The number of aromatic nitrogens is 1. The van der Waals surface area contributed by atoms with Gasteiger partial charge in [-0.05, 0) is 23.3 Å². The quantitative estimate of drug-likeness (QED) is 0.913. The second-order valence-electron chi connectivity index (χ2n) is 4.73. The summed E-state index contributed by atoms with van der Waals surface area (Å²) in [6.07, 6.45) is 0. The van der Waals surface area contributed by atoms with Gasteiger partial charge in [-0.25, -0.2) is 9.78 Å². The van der Waals surface area contributed by atoms with Crippen LogP contribution in [-0.4, -0.2) is 21.0 Å². The van der Waals surface area contributed by atoms with Crippen LogP contribution in [0.4, 0.5) is 0 Å². The third-order valence-corrected chi connectivity index (χ3v) is 3.32. The molecule has 1 N–H and O–H groups in total. The van der Waals surface area contributed by atoms with Crippen molar-refractivity contribution in [2.75, 3.05) is 0 Å². The molecule has 0 saturated heterocycles. The van der Waals surface area contributed by atoms with E-state index in [9.17, 15) is 4.79 Å². The molecule has 0 fully saturated rings. The highest BCUT2D eigenvalue weighted by atomic mass is 16.4. The van der Waals surface area contributed by atoms with Gasteiger partial charge >= 0.3 is 5.97 Å². The van der Waals surface area contributed by atoms with Crippen LogP contribution in [0.25, 0.3) is 0 Å². The molecular formula is C15H14N2O2. The molecule has 2 aromatic rings. The molecule has 1 aromatic carbocycles. The van der Waals surface area contributed by atoms with Crippen LogP contribution in [0.1, 0.15) is 27.3 Å². The SMILES string of the molecule is O=C(O)c1cccc(CN2Cc3ccccc3C2)n1. The molecule has 0 unspecified atom stereocenters. The van der Waals surface area contributed by atoms with Crippen molar-refractivity contribution in [1.82, 2.24) is 9.88 Å². The monoisotopic (exact) mass is 254 g/mol. The largest absolute Gasteiger partial charge is 0.477 e. The number of pyridine rings is 1. The van der Waals surface area contributed by atoms with Crippen molar-refractivity contribution in [2.45, 2.75) is 19.6 Å². The van der Waals surface area contributed by atoms with Crippen LogP contribution in [0.5, 0.6) is 0 Å². The van der Waals surface area contributed by atoms with Crippen molar-refractivity contribution in [1.29, 1.82) is 0 Å². The summed E-state index contributed by atoms with van der Waals surface area (Å²) in [6, 6.07) is 13.5. The highest BCUT2D eigenvalue weighted by molar-refractivity contribution is 5.85. The number of rotatable bonds is 3. The van der Waals surface area contributed by atoms with Crippen LogP contribution in [0.15, 0.2) is 42.5 Å². The molecule has 2 heterocycles. The van der Waals surface area contributed by atoms with Gasteiger partial charge in [-0.2, -0.15) is 0 Å². The van der Waals surface area contributed by atoms with Crippen molar-refractivity contribution in [3.8, 4) is 0 Å². The van der Waals surface area contributed by atoms with Gasteiger partial charge in [-0.3, -0.25) is 4.90 Å². The molecule has 0 amide bonds. The van der Waals surface area contributed by atoms with Gasteiger partial charge in [0.05, 0.1) is 5.69 Å². The zero-order valence-corrected chi connectivity index (χ0v) is 10.4. The zero-order valence-electron chi connectivity index (χ0n) is 10.4. The molecule has 4 heteroatoms. The maximum atomic E-state index is 10.9. The number of nitrogens with zero attached hydrogens (tertiary/aromatic N) is 2. The highest BCUT2D eigenvalue weighted by Gasteiger charge is 2.18. The number of aromatic carboxylic acids is 1. The predicted octanol–water partition coefficient (Wildman–Crippen LogP) is 2.30. The van der Waals surface area contributed by atoms with E-state index >= 15 is 0 Å². The Balaban J connectivity index is 1.74. The van der Waals surface area contributed by atoms with E-state index in [1.807, 2.05) is 18.2 Å². The van der Waals surface area contributed by atoms with Crippen molar-refractivity contribution < 1.29 is 9.90 Å². The Morgan fingerprint density at radius 1 is 1.11 bits per heavy atom. The van der Waals surface area contributed by atoms with E-state index in [-0.39, 0.29) is 5.69 Å². The smallest absolute Gasteiger partial charge is 0.354 e. The van der Waals surface area contributed by atoms with Gasteiger partial charge in [0.25, 0.3) is 0 Å². The summed E-state index contributed by atoms with van der Waals surface area (Å²) in [5.41, 5.74) is 3.59. The van der Waals surface area contributed by atoms with Gasteiger partial charge in [-0.15, -0.1) is 0 Å². The first kappa shape index (κ1) is 11.9. The summed E-state index contributed by atoms with van der Waals surface area (Å²) < 4.78 is 0. The first-order valence-electron chi connectivity index (χ1n) is 6.21. The number of fused-ring (bicyclic) bond motifs is 1. The second kappa shape index (κ2) is 4.82. The van der Waals surface area contributed by atoms with Crippen LogP contribution in [0.3, 0.4) is 0 Å². The molecule has 3 rings (SSSR count). The minimum atomic E-state index is -0.980. The van der Waals surface area contributed by atoms with Crippen molar-refractivity contribution in [3.05, 3.63) is 65.0 Å². The van der Waals surface area contributed by atoms with E-state index in [0.29, 0.717) is 6.54 Å². The third kappa shape index (κ3) is 2.48. The first-order valence-corrected chi connectivity index (χ1v) is 6.21. The van der Waals surface area contributed by atoms with Crippen LogP contribution < -0.4 is 0 Å². The molecule has 1 aromatic heterocycles. The van der Waals surface area contributed by atoms with Crippen LogP contribution >= 0.6 is 0 Å². The van der Waals surface area contributed by atoms with Gasteiger partial charge < -0.3 is 5.11 Å². The lowest BCUT2D eigenvalue weighted by molar-refractivity contribution is 0.0690. The van der Waals surface area contributed by atoms with Crippen molar-refractivity contribution in [2.24, 2.45) is 0 Å². The van der Waals surface area contributed by atoms with Crippen LogP contribution in [0, 0.1) is 0 Å². The predicted molar refractivity (Wildman–Crippen MR) is 70.6 cm³/mol. The lowest BCUT2D eigenvalue weighted by Crippen LogP contribution is -2.17. The molecule has 0 atom stereocenters. The third-order valence-electron chi connectivity index (χ3n) is 3.32. The average molecular weight is 254 g/mol. The molecule has 4 nitrogen and oxygen atoms in total. The van der Waals surface area contributed by atoms with E-state index in [4.69, 9.17) is 5.11 Å². The molecule has 1 aliphatic rings. The summed E-state index contributed by atoms with van der Waals surface area (Å²) in [5.74, 6) is -0.980. The van der Waals surface area contributed by atoms with E-state index in [2.05, 4.69) is 22.0 Å². The molecule has 0 radical (unpaired) electrons. The van der Waals surface area contributed by atoms with Crippen LogP contribution in [0.2, 0.25) is 0 Å². The topological polar surface area (TPSA) is 53.4 Å². The summed E-state index contributed by atoms with van der Waals surface area (Å²) in [5, 5.41) is 8.94. The number of benzene rings is 1. The van der Waals surface area contributed by atoms with E-state index in [0.717, 1.165) is 18.8 Å². The highest BCUT2D eigenvalue weighted by Crippen LogP contribution is 2.23. The Morgan fingerprint density at radius 2 is 1.79 bits per heavy atom. The number of hydrogen-bond acceptors (Lipinski definition) is 3. The summed E-state index contributed by atoms with van der Waals surface area (Å²) >= 11 is 0. The fourth-order valence-corrected chi connectivity index (χ4v) is 2.43. The van der Waals surface area contributed by atoms with E-state index < -0.39 is 5.97 Å². The van der Waals surface area contributed by atoms with Gasteiger partial charge in [-0.1, -0.05) is 30.3 Å². The summed E-state index contributed by atoms with van der Waals surface area (Å²) in [4.78, 5) is 17.3. The molecule has 0 bridgehead atoms. The van der Waals surface area contributed by atoms with Crippen molar-refractivity contribution in [3.63, 3.8) is 0 Å². The van der Waals surface area contributed by atoms with E-state index in [1.54, 1.807) is 6.07 Å². The second-order valence-corrected chi connectivity index (χ2v) is 4.73. The summed E-state index contributed by atoms with van der Waals surface area (Å²) in [6.45, 7) is 2.47. The van der Waals surface area contributed by atoms with Gasteiger partial charge in [0.15, 0.2) is 0 Å². The molecular weight excluding hydrogens is 240 g/mol. The van der Waals surface area contributed by atoms with E-state index in [1.165, 1.54) is 17.2 Å². The fraction of sp³-hybridized carbons (Fsp3) is 0.200. The minimum Gasteiger partial charge on any atom is -0.477 e. The fourth-order valence-electron chi connectivity index (χ4n) is 2.43. The van der Waals surface area contributed by atoms with Crippen molar-refractivity contribution >= 4 is 5.97 Å². The molecule has 0 aliphatic carbocycles. The molecule has 1 aliphatic heterocycles. The number of carboxylic acid groups (broad SMARTS) is 1. The molecule has 19 heavy (non-hydrogen) atoms. The van der Waals surface area contributed by atoms with Gasteiger partial charge in [0.1, 0.15) is 5.69 Å².